The molecule has 1 aromatic carbocycles. The van der Waals surface area contributed by atoms with Gasteiger partial charge in [-0.05, 0) is 24.6 Å². The fourth-order valence-electron chi connectivity index (χ4n) is 2.11. The largest absolute Gasteiger partial charge is 0.381 e. The number of ketones is 1. The van der Waals surface area contributed by atoms with E-state index in [9.17, 15) is 9.18 Å². The molecule has 1 N–H and O–H groups in total. The third-order valence-corrected chi connectivity index (χ3v) is 2.98. The van der Waals surface area contributed by atoms with Crippen LogP contribution >= 0.6 is 0 Å². The molecule has 2 rings (SSSR count). The van der Waals surface area contributed by atoms with Crippen LogP contribution < -0.4 is 5.32 Å². The average Bonchev–Trinajstić information content (AvgIpc) is 2.25. The van der Waals surface area contributed by atoms with Gasteiger partial charge in [0.1, 0.15) is 5.82 Å². The van der Waals surface area contributed by atoms with E-state index in [-0.39, 0.29) is 17.6 Å². The Hall–Kier alpha value is -1.38. The third kappa shape index (κ3) is 2.23. The molecule has 0 bridgehead atoms. The zero-order chi connectivity index (χ0) is 11.5. The summed E-state index contributed by atoms with van der Waals surface area (Å²) in [5.74, 6) is -0.176. The van der Waals surface area contributed by atoms with Crippen molar-refractivity contribution in [3.8, 4) is 0 Å². The molecule has 1 aliphatic rings. The number of halogens is 1. The van der Waals surface area contributed by atoms with Crippen LogP contribution in [0.3, 0.4) is 0 Å². The fourth-order valence-corrected chi connectivity index (χ4v) is 2.11. The van der Waals surface area contributed by atoms with Crippen molar-refractivity contribution < 1.29 is 9.18 Å². The van der Waals surface area contributed by atoms with Crippen molar-refractivity contribution in [3.63, 3.8) is 0 Å². The van der Waals surface area contributed by atoms with Gasteiger partial charge in [-0.1, -0.05) is 19.8 Å². The molecule has 0 spiro atoms. The number of benzene rings is 1. The SMILES string of the molecule is CCCCC1CC(=O)c2ccc(F)cc2N1. The number of fused-ring (bicyclic) bond motifs is 1. The number of hydrogen-bond donors (Lipinski definition) is 1. The van der Waals surface area contributed by atoms with Crippen LogP contribution in [0.5, 0.6) is 0 Å². The highest BCUT2D eigenvalue weighted by Gasteiger charge is 2.23. The van der Waals surface area contributed by atoms with Gasteiger partial charge in [0.25, 0.3) is 0 Å². The van der Waals surface area contributed by atoms with E-state index in [1.165, 1.54) is 12.1 Å². The molecule has 1 atom stereocenters. The Morgan fingerprint density at radius 3 is 3.06 bits per heavy atom. The zero-order valence-electron chi connectivity index (χ0n) is 9.42. The molecular formula is C13H16FNO. The molecular weight excluding hydrogens is 205 g/mol. The van der Waals surface area contributed by atoms with Crippen molar-refractivity contribution >= 4 is 11.5 Å². The van der Waals surface area contributed by atoms with Gasteiger partial charge < -0.3 is 5.32 Å². The van der Waals surface area contributed by atoms with E-state index < -0.39 is 0 Å². The van der Waals surface area contributed by atoms with Crippen LogP contribution in [-0.4, -0.2) is 11.8 Å². The van der Waals surface area contributed by atoms with Crippen LogP contribution in [0.2, 0.25) is 0 Å². The Morgan fingerprint density at radius 2 is 2.31 bits per heavy atom. The quantitative estimate of drug-likeness (QED) is 0.847. The molecule has 0 saturated carbocycles. The second-order valence-corrected chi connectivity index (χ2v) is 4.30. The van der Waals surface area contributed by atoms with Gasteiger partial charge in [0.05, 0.1) is 0 Å². The van der Waals surface area contributed by atoms with Gasteiger partial charge in [-0.2, -0.15) is 0 Å². The summed E-state index contributed by atoms with van der Waals surface area (Å²) in [6.45, 7) is 2.12. The zero-order valence-corrected chi connectivity index (χ0v) is 9.42. The number of nitrogens with one attached hydrogen (secondary N) is 1. The Morgan fingerprint density at radius 1 is 1.50 bits per heavy atom. The summed E-state index contributed by atoms with van der Waals surface area (Å²) in [7, 11) is 0. The van der Waals surface area contributed by atoms with Crippen LogP contribution in [0, 0.1) is 5.82 Å². The maximum atomic E-state index is 13.0. The second-order valence-electron chi connectivity index (χ2n) is 4.30. The summed E-state index contributed by atoms with van der Waals surface area (Å²) < 4.78 is 13.0. The second kappa shape index (κ2) is 4.64. The molecule has 86 valence electrons. The molecule has 0 radical (unpaired) electrons. The monoisotopic (exact) mass is 221 g/mol. The first-order chi connectivity index (χ1) is 7.70. The molecule has 3 heteroatoms. The normalized spacial score (nSPS) is 19.1. The molecule has 0 fully saturated rings. The lowest BCUT2D eigenvalue weighted by Crippen LogP contribution is -2.29. The Bertz CT molecular complexity index is 403. The van der Waals surface area contributed by atoms with E-state index in [1.807, 2.05) is 0 Å². The molecule has 1 heterocycles. The molecule has 1 aromatic rings. The predicted octanol–water partition coefficient (Wildman–Crippen LogP) is 3.38. The maximum absolute atomic E-state index is 13.0. The minimum absolute atomic E-state index is 0.120. The van der Waals surface area contributed by atoms with Gasteiger partial charge in [0.15, 0.2) is 5.78 Å². The highest BCUT2D eigenvalue weighted by Crippen LogP contribution is 2.27. The topological polar surface area (TPSA) is 29.1 Å². The van der Waals surface area contributed by atoms with Gasteiger partial charge >= 0.3 is 0 Å². The number of unbranched alkanes of at least 4 members (excludes halogenated alkanes) is 1. The first-order valence-corrected chi connectivity index (χ1v) is 5.80. The van der Waals surface area contributed by atoms with Crippen LogP contribution in [0.4, 0.5) is 10.1 Å². The molecule has 1 aliphatic heterocycles. The maximum Gasteiger partial charge on any atom is 0.166 e. The number of carbonyl (C=O) groups excluding carboxylic acids is 1. The molecule has 0 amide bonds. The van der Waals surface area contributed by atoms with E-state index >= 15 is 0 Å². The summed E-state index contributed by atoms with van der Waals surface area (Å²) in [4.78, 5) is 11.8. The summed E-state index contributed by atoms with van der Waals surface area (Å²) >= 11 is 0. The lowest BCUT2D eigenvalue weighted by atomic mass is 9.94. The number of anilines is 1. The smallest absolute Gasteiger partial charge is 0.166 e. The van der Waals surface area contributed by atoms with Gasteiger partial charge in [-0.3, -0.25) is 4.79 Å². The lowest BCUT2D eigenvalue weighted by molar-refractivity contribution is 0.0971. The van der Waals surface area contributed by atoms with Crippen molar-refractivity contribution in [3.05, 3.63) is 29.6 Å². The highest BCUT2D eigenvalue weighted by atomic mass is 19.1. The van der Waals surface area contributed by atoms with Crippen LogP contribution in [0.1, 0.15) is 43.0 Å². The van der Waals surface area contributed by atoms with Gasteiger partial charge in [0, 0.05) is 23.7 Å². The summed E-state index contributed by atoms with van der Waals surface area (Å²) in [6, 6.07) is 4.48. The van der Waals surface area contributed by atoms with Crippen molar-refractivity contribution in [2.75, 3.05) is 5.32 Å². The van der Waals surface area contributed by atoms with E-state index in [1.54, 1.807) is 6.07 Å². The predicted molar refractivity (Wildman–Crippen MR) is 62.3 cm³/mol. The molecule has 0 aromatic heterocycles. The molecule has 16 heavy (non-hydrogen) atoms. The number of rotatable bonds is 3. The van der Waals surface area contributed by atoms with Crippen LogP contribution in [0.25, 0.3) is 0 Å². The van der Waals surface area contributed by atoms with Gasteiger partial charge in [-0.15, -0.1) is 0 Å². The number of hydrogen-bond acceptors (Lipinski definition) is 2. The Kier molecular flexibility index (Phi) is 3.22. The highest BCUT2D eigenvalue weighted by molar-refractivity contribution is 6.03. The minimum atomic E-state index is -0.296. The summed E-state index contributed by atoms with van der Waals surface area (Å²) in [5, 5.41) is 3.24. The van der Waals surface area contributed by atoms with Crippen LogP contribution in [-0.2, 0) is 0 Å². The van der Waals surface area contributed by atoms with E-state index in [2.05, 4.69) is 12.2 Å². The van der Waals surface area contributed by atoms with Crippen molar-refractivity contribution in [2.24, 2.45) is 0 Å². The molecule has 2 nitrogen and oxygen atoms in total. The number of carbonyl (C=O) groups is 1. The Balaban J connectivity index is 2.17. The first-order valence-electron chi connectivity index (χ1n) is 5.80. The van der Waals surface area contributed by atoms with Crippen molar-refractivity contribution in [1.29, 1.82) is 0 Å². The third-order valence-electron chi connectivity index (χ3n) is 2.98. The first kappa shape index (κ1) is 11.1. The molecule has 0 saturated heterocycles. The van der Waals surface area contributed by atoms with Crippen molar-refractivity contribution in [2.45, 2.75) is 38.6 Å². The summed E-state index contributed by atoms with van der Waals surface area (Å²) in [5.41, 5.74) is 1.27. The minimum Gasteiger partial charge on any atom is -0.381 e. The van der Waals surface area contributed by atoms with Crippen LogP contribution in [0.15, 0.2) is 18.2 Å². The van der Waals surface area contributed by atoms with Gasteiger partial charge in [0.2, 0.25) is 0 Å². The van der Waals surface area contributed by atoms with E-state index in [0.717, 1.165) is 19.3 Å². The fraction of sp³-hybridized carbons (Fsp3) is 0.462. The Labute approximate surface area is 94.9 Å². The van der Waals surface area contributed by atoms with Crippen molar-refractivity contribution in [1.82, 2.24) is 0 Å². The van der Waals surface area contributed by atoms with E-state index in [0.29, 0.717) is 17.7 Å². The standard InChI is InChI=1S/C13H16FNO/c1-2-3-4-10-8-13(16)11-6-5-9(14)7-12(11)15-10/h5-7,10,15H,2-4,8H2,1H3. The lowest BCUT2D eigenvalue weighted by Gasteiger charge is -2.26. The van der Waals surface area contributed by atoms with Gasteiger partial charge in [-0.25, -0.2) is 4.39 Å². The molecule has 1 unspecified atom stereocenters. The summed E-state index contributed by atoms with van der Waals surface area (Å²) in [6.07, 6.45) is 3.70. The van der Waals surface area contributed by atoms with E-state index in [4.69, 9.17) is 0 Å². The number of Topliss-reactive ketones (excluding diaryl/α,β-unsaturated/α-hetero) is 1. The molecule has 0 aliphatic carbocycles. The average molecular weight is 221 g/mol.